The molecular formula is C12H21N3S. The van der Waals surface area contributed by atoms with E-state index in [4.69, 9.17) is 0 Å². The lowest BCUT2D eigenvalue weighted by Gasteiger charge is -2.22. The van der Waals surface area contributed by atoms with E-state index >= 15 is 0 Å². The molecule has 0 aromatic carbocycles. The van der Waals surface area contributed by atoms with Crippen molar-refractivity contribution in [1.82, 2.24) is 14.9 Å². The lowest BCUT2D eigenvalue weighted by molar-refractivity contribution is 0.541. The summed E-state index contributed by atoms with van der Waals surface area (Å²) in [5, 5.41) is 7.69. The van der Waals surface area contributed by atoms with Crippen LogP contribution in [0.5, 0.6) is 0 Å². The molecule has 4 heteroatoms. The molecule has 0 radical (unpaired) electrons. The number of likely N-dealkylation sites (N-methyl/N-ethyl adjacent to an activating group) is 1. The zero-order valence-electron chi connectivity index (χ0n) is 10.8. The molecule has 1 rings (SSSR count). The highest BCUT2D eigenvalue weighted by atomic mass is 32.1. The first kappa shape index (κ1) is 13.3. The maximum atomic E-state index is 4.26. The van der Waals surface area contributed by atoms with Crippen molar-refractivity contribution in [2.75, 3.05) is 6.54 Å². The molecule has 0 saturated heterocycles. The molecule has 0 spiro atoms. The topological polar surface area (TPSA) is 37.8 Å². The van der Waals surface area contributed by atoms with Gasteiger partial charge in [0.05, 0.1) is 16.6 Å². The van der Waals surface area contributed by atoms with Crippen LogP contribution in [0.3, 0.4) is 0 Å². The van der Waals surface area contributed by atoms with Crippen molar-refractivity contribution in [2.45, 2.75) is 46.1 Å². The van der Waals surface area contributed by atoms with Gasteiger partial charge in [-0.05, 0) is 25.0 Å². The minimum Gasteiger partial charge on any atom is -0.306 e. The van der Waals surface area contributed by atoms with Gasteiger partial charge in [-0.3, -0.25) is 0 Å². The quantitative estimate of drug-likeness (QED) is 0.821. The summed E-state index contributed by atoms with van der Waals surface area (Å²) in [4.78, 5) is 1.20. The zero-order valence-corrected chi connectivity index (χ0v) is 11.6. The molecule has 0 aliphatic heterocycles. The predicted molar refractivity (Wildman–Crippen MR) is 69.8 cm³/mol. The fourth-order valence-electron chi connectivity index (χ4n) is 1.60. The number of rotatable bonds is 4. The summed E-state index contributed by atoms with van der Waals surface area (Å²) in [7, 11) is 0. The van der Waals surface area contributed by atoms with Gasteiger partial charge in [0.1, 0.15) is 0 Å². The molecule has 1 aromatic heterocycles. The molecule has 16 heavy (non-hydrogen) atoms. The Hall–Kier alpha value is -0.740. The molecule has 90 valence electrons. The van der Waals surface area contributed by atoms with E-state index in [2.05, 4.69) is 49.2 Å². The molecule has 0 bridgehead atoms. The van der Waals surface area contributed by atoms with E-state index < -0.39 is 0 Å². The molecule has 1 unspecified atom stereocenters. The van der Waals surface area contributed by atoms with Gasteiger partial charge >= 0.3 is 0 Å². The highest BCUT2D eigenvalue weighted by Crippen LogP contribution is 2.32. The van der Waals surface area contributed by atoms with E-state index in [1.54, 1.807) is 0 Å². The zero-order chi connectivity index (χ0) is 12.3. The molecule has 1 N–H and O–H groups in total. The molecule has 3 nitrogen and oxygen atoms in total. The van der Waals surface area contributed by atoms with Gasteiger partial charge in [-0.15, -0.1) is 5.10 Å². The summed E-state index contributed by atoms with van der Waals surface area (Å²) >= 11 is 1.47. The van der Waals surface area contributed by atoms with E-state index in [-0.39, 0.29) is 11.5 Å². The minimum absolute atomic E-state index is 0.0332. The van der Waals surface area contributed by atoms with Gasteiger partial charge in [0.2, 0.25) is 0 Å². The Balaban J connectivity index is 3.10. The highest BCUT2D eigenvalue weighted by Gasteiger charge is 2.27. The van der Waals surface area contributed by atoms with Crippen LogP contribution in [0, 0.1) is 0 Å². The van der Waals surface area contributed by atoms with Gasteiger partial charge < -0.3 is 5.32 Å². The number of nitrogens with one attached hydrogen (secondary N) is 1. The van der Waals surface area contributed by atoms with Crippen LogP contribution in [0.4, 0.5) is 0 Å². The van der Waals surface area contributed by atoms with E-state index in [1.807, 2.05) is 6.92 Å². The third kappa shape index (κ3) is 2.89. The average Bonchev–Trinajstić information content (AvgIpc) is 2.60. The van der Waals surface area contributed by atoms with Gasteiger partial charge in [0.25, 0.3) is 0 Å². The largest absolute Gasteiger partial charge is 0.306 e. The lowest BCUT2D eigenvalue weighted by atomic mass is 9.89. The van der Waals surface area contributed by atoms with Crippen LogP contribution in [0.2, 0.25) is 0 Å². The first-order valence-electron chi connectivity index (χ1n) is 5.59. The van der Waals surface area contributed by atoms with Crippen molar-refractivity contribution in [3.05, 3.63) is 22.7 Å². The molecular weight excluding hydrogens is 218 g/mol. The van der Waals surface area contributed by atoms with Crippen molar-refractivity contribution in [2.24, 2.45) is 0 Å². The second-order valence-corrected chi connectivity index (χ2v) is 5.86. The van der Waals surface area contributed by atoms with Crippen LogP contribution in [0.15, 0.2) is 12.2 Å². The smallest absolute Gasteiger partial charge is 0.0860 e. The second kappa shape index (κ2) is 5.06. The van der Waals surface area contributed by atoms with Crippen molar-refractivity contribution >= 4 is 11.5 Å². The van der Waals surface area contributed by atoms with E-state index in [0.717, 1.165) is 17.8 Å². The predicted octanol–water partition coefficient (Wildman–Crippen LogP) is 3.06. The Morgan fingerprint density at radius 1 is 1.50 bits per heavy atom. The van der Waals surface area contributed by atoms with Gasteiger partial charge in [0, 0.05) is 5.41 Å². The second-order valence-electron chi connectivity index (χ2n) is 5.07. The first-order chi connectivity index (χ1) is 7.38. The van der Waals surface area contributed by atoms with Gasteiger partial charge in [0.15, 0.2) is 0 Å². The number of hydrogen-bond acceptors (Lipinski definition) is 4. The van der Waals surface area contributed by atoms with E-state index in [0.29, 0.717) is 0 Å². The van der Waals surface area contributed by atoms with Crippen LogP contribution < -0.4 is 5.32 Å². The molecule has 0 aliphatic carbocycles. The van der Waals surface area contributed by atoms with Gasteiger partial charge in [-0.1, -0.05) is 44.3 Å². The third-order valence-electron chi connectivity index (χ3n) is 2.39. The van der Waals surface area contributed by atoms with Crippen molar-refractivity contribution in [1.29, 1.82) is 0 Å². The molecule has 1 heterocycles. The van der Waals surface area contributed by atoms with Crippen LogP contribution in [-0.2, 0) is 5.41 Å². The minimum atomic E-state index is 0.0332. The molecule has 0 saturated carbocycles. The average molecular weight is 239 g/mol. The Labute approximate surface area is 102 Å². The standard InChI is InChI=1S/C12H21N3S/c1-7-13-9(8(2)3)10-11(12(4,5)6)14-15-16-10/h9,13H,2,7H2,1,3-6H3. The van der Waals surface area contributed by atoms with E-state index in [1.165, 1.54) is 16.4 Å². The summed E-state index contributed by atoms with van der Waals surface area (Å²) in [5.74, 6) is 0. The molecule has 0 aliphatic rings. The molecule has 0 fully saturated rings. The fraction of sp³-hybridized carbons (Fsp3) is 0.667. The lowest BCUT2D eigenvalue weighted by Crippen LogP contribution is -2.24. The monoisotopic (exact) mass is 239 g/mol. The number of nitrogens with zero attached hydrogens (tertiary/aromatic N) is 2. The molecule has 1 atom stereocenters. The summed E-state index contributed by atoms with van der Waals surface area (Å²) in [6.07, 6.45) is 0. The Morgan fingerprint density at radius 3 is 2.56 bits per heavy atom. The van der Waals surface area contributed by atoms with Gasteiger partial charge in [-0.25, -0.2) is 0 Å². The van der Waals surface area contributed by atoms with Crippen molar-refractivity contribution < 1.29 is 0 Å². The van der Waals surface area contributed by atoms with Crippen LogP contribution in [0.25, 0.3) is 0 Å². The first-order valence-corrected chi connectivity index (χ1v) is 6.36. The van der Waals surface area contributed by atoms with Crippen LogP contribution in [0.1, 0.15) is 51.2 Å². The molecule has 1 aromatic rings. The molecule has 0 amide bonds. The normalized spacial score (nSPS) is 13.8. The summed E-state index contributed by atoms with van der Waals surface area (Å²) in [5.41, 5.74) is 2.22. The number of hydrogen-bond donors (Lipinski definition) is 1. The van der Waals surface area contributed by atoms with Crippen LogP contribution in [-0.4, -0.2) is 16.1 Å². The highest BCUT2D eigenvalue weighted by molar-refractivity contribution is 7.05. The van der Waals surface area contributed by atoms with Crippen LogP contribution >= 0.6 is 11.5 Å². The maximum Gasteiger partial charge on any atom is 0.0860 e. The Bertz CT molecular complexity index is 363. The summed E-state index contributed by atoms with van der Waals surface area (Å²) in [6.45, 7) is 15.6. The fourth-order valence-corrected chi connectivity index (χ4v) is 2.64. The summed E-state index contributed by atoms with van der Waals surface area (Å²) in [6, 6.07) is 0.180. The summed E-state index contributed by atoms with van der Waals surface area (Å²) < 4.78 is 4.08. The van der Waals surface area contributed by atoms with E-state index in [9.17, 15) is 0 Å². The Morgan fingerprint density at radius 2 is 2.12 bits per heavy atom. The third-order valence-corrected chi connectivity index (χ3v) is 3.18. The maximum absolute atomic E-state index is 4.26. The SMILES string of the molecule is C=C(C)C(NCC)c1snnc1C(C)(C)C. The number of aromatic nitrogens is 2. The van der Waals surface area contributed by atoms with Crippen molar-refractivity contribution in [3.8, 4) is 0 Å². The van der Waals surface area contributed by atoms with Crippen molar-refractivity contribution in [3.63, 3.8) is 0 Å². The Kier molecular flexibility index (Phi) is 4.21. The van der Waals surface area contributed by atoms with Gasteiger partial charge in [-0.2, -0.15) is 0 Å².